The Morgan fingerprint density at radius 2 is 2.11 bits per heavy atom. The van der Waals surface area contributed by atoms with Crippen LogP contribution < -0.4 is 5.73 Å². The molecule has 1 unspecified atom stereocenters. The predicted octanol–water partition coefficient (Wildman–Crippen LogP) is 2.81. The number of hydrogen-bond donors (Lipinski definition) is 1. The first-order chi connectivity index (χ1) is 8.52. The first-order valence-electron chi connectivity index (χ1n) is 5.61. The summed E-state index contributed by atoms with van der Waals surface area (Å²) in [6.45, 7) is 3.95. The van der Waals surface area contributed by atoms with Crippen molar-refractivity contribution in [2.45, 2.75) is 25.9 Å². The highest BCUT2D eigenvalue weighted by molar-refractivity contribution is 9.10. The lowest BCUT2D eigenvalue weighted by Gasteiger charge is -2.16. The molecule has 1 aromatic heterocycles. The molecule has 0 bridgehead atoms. The summed E-state index contributed by atoms with van der Waals surface area (Å²) < 4.78 is 16.1. The lowest BCUT2D eigenvalue weighted by atomic mass is 10.1. The van der Waals surface area contributed by atoms with Crippen molar-refractivity contribution in [1.29, 1.82) is 0 Å². The van der Waals surface area contributed by atoms with E-state index in [4.69, 9.17) is 5.73 Å². The van der Waals surface area contributed by atoms with Crippen molar-refractivity contribution in [3.05, 3.63) is 46.2 Å². The van der Waals surface area contributed by atoms with Gasteiger partial charge in [-0.05, 0) is 35.8 Å². The molecule has 0 saturated carbocycles. The summed E-state index contributed by atoms with van der Waals surface area (Å²) >= 11 is 3.15. The molecular formula is C12H14BrFN4. The molecule has 2 rings (SSSR count). The summed E-state index contributed by atoms with van der Waals surface area (Å²) in [5.41, 5.74) is 6.49. The number of nitrogens with two attached hydrogens (primary N) is 1. The fourth-order valence-electron chi connectivity index (χ4n) is 1.78. The van der Waals surface area contributed by atoms with Crippen molar-refractivity contribution in [1.82, 2.24) is 14.8 Å². The highest BCUT2D eigenvalue weighted by Crippen LogP contribution is 2.26. The van der Waals surface area contributed by atoms with E-state index in [1.807, 2.05) is 13.8 Å². The van der Waals surface area contributed by atoms with Crippen LogP contribution in [0.4, 0.5) is 4.39 Å². The monoisotopic (exact) mass is 312 g/mol. The maximum absolute atomic E-state index is 14.0. The van der Waals surface area contributed by atoms with E-state index < -0.39 is 6.04 Å². The molecule has 1 aromatic carbocycles. The molecular weight excluding hydrogens is 299 g/mol. The van der Waals surface area contributed by atoms with Crippen LogP contribution in [0, 0.1) is 5.82 Å². The predicted molar refractivity (Wildman–Crippen MR) is 70.5 cm³/mol. The van der Waals surface area contributed by atoms with Gasteiger partial charge in [0.25, 0.3) is 0 Å². The van der Waals surface area contributed by atoms with Crippen LogP contribution in [0.25, 0.3) is 0 Å². The molecule has 0 aliphatic rings. The summed E-state index contributed by atoms with van der Waals surface area (Å²) in [6.07, 6.45) is 1.44. The number of aromatic nitrogens is 3. The van der Waals surface area contributed by atoms with Gasteiger partial charge in [0.15, 0.2) is 0 Å². The van der Waals surface area contributed by atoms with Gasteiger partial charge in [-0.2, -0.15) is 5.10 Å². The van der Waals surface area contributed by atoms with Crippen LogP contribution in [0.15, 0.2) is 29.0 Å². The molecule has 1 atom stereocenters. The zero-order valence-electron chi connectivity index (χ0n) is 10.1. The standard InChI is InChI=1S/C12H14BrFN4/c1-7(2)18-12(16-6-17-18)11(15)8-4-3-5-9(13)10(8)14/h3-7,11H,15H2,1-2H3. The lowest BCUT2D eigenvalue weighted by molar-refractivity contribution is 0.488. The zero-order valence-corrected chi connectivity index (χ0v) is 11.7. The molecule has 0 aliphatic heterocycles. The Morgan fingerprint density at radius 3 is 2.78 bits per heavy atom. The maximum atomic E-state index is 14.0. The van der Waals surface area contributed by atoms with E-state index in [-0.39, 0.29) is 11.9 Å². The van der Waals surface area contributed by atoms with Gasteiger partial charge in [0, 0.05) is 11.6 Å². The topological polar surface area (TPSA) is 56.7 Å². The van der Waals surface area contributed by atoms with Crippen molar-refractivity contribution in [2.75, 3.05) is 0 Å². The molecule has 0 aliphatic carbocycles. The highest BCUT2D eigenvalue weighted by Gasteiger charge is 2.21. The first kappa shape index (κ1) is 13.2. The van der Waals surface area contributed by atoms with Gasteiger partial charge in [0.1, 0.15) is 18.0 Å². The average molecular weight is 313 g/mol. The van der Waals surface area contributed by atoms with E-state index in [1.54, 1.807) is 22.9 Å². The molecule has 0 saturated heterocycles. The Hall–Kier alpha value is -1.27. The Balaban J connectivity index is 2.45. The maximum Gasteiger partial charge on any atom is 0.148 e. The van der Waals surface area contributed by atoms with Crippen LogP contribution in [0.3, 0.4) is 0 Å². The van der Waals surface area contributed by atoms with Gasteiger partial charge in [-0.3, -0.25) is 0 Å². The van der Waals surface area contributed by atoms with E-state index in [0.717, 1.165) is 0 Å². The largest absolute Gasteiger partial charge is 0.318 e. The number of halogens is 2. The minimum Gasteiger partial charge on any atom is -0.318 e. The van der Waals surface area contributed by atoms with E-state index in [0.29, 0.717) is 15.9 Å². The van der Waals surface area contributed by atoms with E-state index >= 15 is 0 Å². The fourth-order valence-corrected chi connectivity index (χ4v) is 2.16. The normalized spacial score (nSPS) is 13.0. The highest BCUT2D eigenvalue weighted by atomic mass is 79.9. The molecule has 96 valence electrons. The van der Waals surface area contributed by atoms with Crippen LogP contribution in [0.5, 0.6) is 0 Å². The van der Waals surface area contributed by atoms with Gasteiger partial charge in [0.2, 0.25) is 0 Å². The number of hydrogen-bond acceptors (Lipinski definition) is 3. The Labute approximate surface area is 113 Å². The quantitative estimate of drug-likeness (QED) is 0.948. The van der Waals surface area contributed by atoms with Crippen LogP contribution in [-0.4, -0.2) is 14.8 Å². The molecule has 0 radical (unpaired) electrons. The second-order valence-corrected chi connectivity index (χ2v) is 5.13. The smallest absolute Gasteiger partial charge is 0.148 e. The van der Waals surface area contributed by atoms with Crippen molar-refractivity contribution in [3.8, 4) is 0 Å². The van der Waals surface area contributed by atoms with Gasteiger partial charge in [-0.25, -0.2) is 14.1 Å². The van der Waals surface area contributed by atoms with Crippen LogP contribution in [0.1, 0.15) is 37.3 Å². The number of rotatable bonds is 3. The third kappa shape index (κ3) is 2.30. The second kappa shape index (κ2) is 5.16. The summed E-state index contributed by atoms with van der Waals surface area (Å²) in [5.74, 6) is 0.199. The van der Waals surface area contributed by atoms with Crippen molar-refractivity contribution in [2.24, 2.45) is 5.73 Å². The third-order valence-electron chi connectivity index (χ3n) is 2.68. The molecule has 1 heterocycles. The molecule has 0 fully saturated rings. The SMILES string of the molecule is CC(C)n1ncnc1C(N)c1cccc(Br)c1F. The van der Waals surface area contributed by atoms with Gasteiger partial charge in [0.05, 0.1) is 10.5 Å². The van der Waals surface area contributed by atoms with E-state index in [1.165, 1.54) is 6.33 Å². The Kier molecular flexibility index (Phi) is 3.77. The molecule has 18 heavy (non-hydrogen) atoms. The first-order valence-corrected chi connectivity index (χ1v) is 6.40. The lowest BCUT2D eigenvalue weighted by Crippen LogP contribution is -2.21. The van der Waals surface area contributed by atoms with E-state index in [2.05, 4.69) is 26.0 Å². The summed E-state index contributed by atoms with van der Waals surface area (Å²) in [7, 11) is 0. The Bertz CT molecular complexity index is 553. The molecule has 2 aromatic rings. The summed E-state index contributed by atoms with van der Waals surface area (Å²) in [5, 5.41) is 4.11. The van der Waals surface area contributed by atoms with Gasteiger partial charge >= 0.3 is 0 Å². The average Bonchev–Trinajstić information content (AvgIpc) is 2.81. The van der Waals surface area contributed by atoms with Gasteiger partial charge in [-0.1, -0.05) is 12.1 Å². The molecule has 6 heteroatoms. The molecule has 0 spiro atoms. The van der Waals surface area contributed by atoms with Crippen molar-refractivity contribution in [3.63, 3.8) is 0 Å². The van der Waals surface area contributed by atoms with Crippen molar-refractivity contribution >= 4 is 15.9 Å². The fraction of sp³-hybridized carbons (Fsp3) is 0.333. The van der Waals surface area contributed by atoms with Crippen LogP contribution in [0.2, 0.25) is 0 Å². The summed E-state index contributed by atoms with van der Waals surface area (Å²) in [4.78, 5) is 4.13. The second-order valence-electron chi connectivity index (χ2n) is 4.28. The van der Waals surface area contributed by atoms with Crippen LogP contribution >= 0.6 is 15.9 Å². The van der Waals surface area contributed by atoms with E-state index in [9.17, 15) is 4.39 Å². The molecule has 0 amide bonds. The minimum atomic E-state index is -0.632. The van der Waals surface area contributed by atoms with Gasteiger partial charge < -0.3 is 5.73 Å². The Morgan fingerprint density at radius 1 is 1.39 bits per heavy atom. The van der Waals surface area contributed by atoms with Gasteiger partial charge in [-0.15, -0.1) is 0 Å². The van der Waals surface area contributed by atoms with Crippen molar-refractivity contribution < 1.29 is 4.39 Å². The third-order valence-corrected chi connectivity index (χ3v) is 3.30. The molecule has 4 nitrogen and oxygen atoms in total. The molecule has 2 N–H and O–H groups in total. The van der Waals surface area contributed by atoms with Crippen LogP contribution in [-0.2, 0) is 0 Å². The number of benzene rings is 1. The summed E-state index contributed by atoms with van der Waals surface area (Å²) in [6, 6.07) is 4.54. The number of nitrogens with zero attached hydrogens (tertiary/aromatic N) is 3. The minimum absolute atomic E-state index is 0.128. The zero-order chi connectivity index (χ0) is 13.3.